The molecule has 19 heavy (non-hydrogen) atoms. The minimum atomic E-state index is 0.523. The first-order valence-electron chi connectivity index (χ1n) is 7.57. The Bertz CT molecular complexity index is 413. The van der Waals surface area contributed by atoms with E-state index in [1.807, 2.05) is 0 Å². The standard InChI is InChI=1S/C17H28N2/c1-5-18-13-15-6-7-16(14(2)12-15)19-10-8-17(3,4)9-11-19/h6-7,12,18H,5,8-11,13H2,1-4H3. The fourth-order valence-electron chi connectivity index (χ4n) is 2.80. The van der Waals surface area contributed by atoms with Crippen LogP contribution < -0.4 is 10.2 Å². The SMILES string of the molecule is CCNCc1ccc(N2CCC(C)(C)CC2)c(C)c1. The molecule has 2 heteroatoms. The van der Waals surface area contributed by atoms with Crippen LogP contribution in [-0.4, -0.2) is 19.6 Å². The van der Waals surface area contributed by atoms with Crippen LogP contribution in [0, 0.1) is 12.3 Å². The largest absolute Gasteiger partial charge is 0.371 e. The normalized spacial score (nSPS) is 18.6. The summed E-state index contributed by atoms with van der Waals surface area (Å²) >= 11 is 0. The Kier molecular flexibility index (Phi) is 4.51. The zero-order chi connectivity index (χ0) is 13.9. The van der Waals surface area contributed by atoms with E-state index in [1.165, 1.54) is 42.7 Å². The molecule has 0 bridgehead atoms. The van der Waals surface area contributed by atoms with E-state index in [0.717, 1.165) is 13.1 Å². The van der Waals surface area contributed by atoms with Gasteiger partial charge in [0.1, 0.15) is 0 Å². The first kappa shape index (κ1) is 14.4. The van der Waals surface area contributed by atoms with Crippen molar-refractivity contribution in [3.63, 3.8) is 0 Å². The Hall–Kier alpha value is -1.02. The van der Waals surface area contributed by atoms with Crippen LogP contribution in [0.1, 0.15) is 44.7 Å². The van der Waals surface area contributed by atoms with E-state index in [0.29, 0.717) is 5.41 Å². The van der Waals surface area contributed by atoms with Crippen LogP contribution in [0.3, 0.4) is 0 Å². The molecular formula is C17H28N2. The maximum atomic E-state index is 3.39. The van der Waals surface area contributed by atoms with Crippen LogP contribution in [0.4, 0.5) is 5.69 Å². The third kappa shape index (κ3) is 3.73. The van der Waals surface area contributed by atoms with E-state index in [4.69, 9.17) is 0 Å². The smallest absolute Gasteiger partial charge is 0.0396 e. The monoisotopic (exact) mass is 260 g/mol. The van der Waals surface area contributed by atoms with Crippen LogP contribution in [0.15, 0.2) is 18.2 Å². The van der Waals surface area contributed by atoms with Gasteiger partial charge in [0.05, 0.1) is 0 Å². The molecule has 1 N–H and O–H groups in total. The molecule has 0 atom stereocenters. The molecular weight excluding hydrogens is 232 g/mol. The second-order valence-corrected chi connectivity index (χ2v) is 6.55. The second-order valence-electron chi connectivity index (χ2n) is 6.55. The van der Waals surface area contributed by atoms with Gasteiger partial charge in [-0.05, 0) is 48.9 Å². The van der Waals surface area contributed by atoms with Gasteiger partial charge < -0.3 is 10.2 Å². The van der Waals surface area contributed by atoms with Gasteiger partial charge in [0.25, 0.3) is 0 Å². The van der Waals surface area contributed by atoms with E-state index >= 15 is 0 Å². The summed E-state index contributed by atoms with van der Waals surface area (Å²) in [5.41, 5.74) is 4.75. The number of rotatable bonds is 4. The van der Waals surface area contributed by atoms with Gasteiger partial charge >= 0.3 is 0 Å². The molecule has 1 saturated heterocycles. The lowest BCUT2D eigenvalue weighted by Gasteiger charge is -2.39. The molecule has 2 rings (SSSR count). The quantitative estimate of drug-likeness (QED) is 0.887. The molecule has 1 aliphatic heterocycles. The van der Waals surface area contributed by atoms with Crippen LogP contribution >= 0.6 is 0 Å². The van der Waals surface area contributed by atoms with E-state index in [9.17, 15) is 0 Å². The summed E-state index contributed by atoms with van der Waals surface area (Å²) in [5, 5.41) is 3.39. The van der Waals surface area contributed by atoms with Crippen molar-refractivity contribution in [1.82, 2.24) is 5.32 Å². The van der Waals surface area contributed by atoms with Crippen LogP contribution in [-0.2, 0) is 6.54 Å². The van der Waals surface area contributed by atoms with Crippen molar-refractivity contribution in [2.75, 3.05) is 24.5 Å². The number of anilines is 1. The van der Waals surface area contributed by atoms with Crippen LogP contribution in [0.2, 0.25) is 0 Å². The Morgan fingerprint density at radius 3 is 2.47 bits per heavy atom. The Morgan fingerprint density at radius 1 is 1.21 bits per heavy atom. The van der Waals surface area contributed by atoms with Crippen molar-refractivity contribution in [2.24, 2.45) is 5.41 Å². The van der Waals surface area contributed by atoms with Gasteiger partial charge in [0.15, 0.2) is 0 Å². The predicted molar refractivity (Wildman–Crippen MR) is 83.8 cm³/mol. The molecule has 1 aromatic carbocycles. The highest BCUT2D eigenvalue weighted by Crippen LogP contribution is 2.33. The Labute approximate surface area is 118 Å². The van der Waals surface area contributed by atoms with Gasteiger partial charge in [-0.25, -0.2) is 0 Å². The molecule has 0 unspecified atom stereocenters. The van der Waals surface area contributed by atoms with Crippen molar-refractivity contribution in [3.05, 3.63) is 29.3 Å². The lowest BCUT2D eigenvalue weighted by Crippen LogP contribution is -2.37. The van der Waals surface area contributed by atoms with E-state index in [-0.39, 0.29) is 0 Å². The summed E-state index contributed by atoms with van der Waals surface area (Å²) < 4.78 is 0. The molecule has 1 aliphatic rings. The molecule has 1 fully saturated rings. The van der Waals surface area contributed by atoms with Crippen molar-refractivity contribution in [2.45, 2.75) is 47.1 Å². The molecule has 2 nitrogen and oxygen atoms in total. The van der Waals surface area contributed by atoms with Crippen LogP contribution in [0.5, 0.6) is 0 Å². The number of aryl methyl sites for hydroxylation is 1. The molecule has 1 aromatic rings. The van der Waals surface area contributed by atoms with Gasteiger partial charge in [0, 0.05) is 25.3 Å². The second kappa shape index (κ2) is 5.96. The van der Waals surface area contributed by atoms with E-state index in [2.05, 4.69) is 56.1 Å². The summed E-state index contributed by atoms with van der Waals surface area (Å²) in [7, 11) is 0. The maximum absolute atomic E-state index is 3.39. The number of benzene rings is 1. The first-order chi connectivity index (χ1) is 9.02. The molecule has 0 radical (unpaired) electrons. The zero-order valence-corrected chi connectivity index (χ0v) is 12.9. The summed E-state index contributed by atoms with van der Waals surface area (Å²) in [6.07, 6.45) is 2.59. The van der Waals surface area contributed by atoms with Gasteiger partial charge in [-0.15, -0.1) is 0 Å². The molecule has 0 aromatic heterocycles. The third-order valence-electron chi connectivity index (χ3n) is 4.30. The maximum Gasteiger partial charge on any atom is 0.0396 e. The van der Waals surface area contributed by atoms with Gasteiger partial charge in [-0.3, -0.25) is 0 Å². The predicted octanol–water partition coefficient (Wildman–Crippen LogP) is 3.73. The summed E-state index contributed by atoms with van der Waals surface area (Å²) in [4.78, 5) is 2.55. The minimum Gasteiger partial charge on any atom is -0.371 e. The van der Waals surface area contributed by atoms with E-state index < -0.39 is 0 Å². The first-order valence-corrected chi connectivity index (χ1v) is 7.57. The average molecular weight is 260 g/mol. The van der Waals surface area contributed by atoms with Crippen molar-refractivity contribution >= 4 is 5.69 Å². The topological polar surface area (TPSA) is 15.3 Å². The summed E-state index contributed by atoms with van der Waals surface area (Å²) in [6.45, 7) is 13.6. The number of hydrogen-bond acceptors (Lipinski definition) is 2. The van der Waals surface area contributed by atoms with Crippen LogP contribution in [0.25, 0.3) is 0 Å². The highest BCUT2D eigenvalue weighted by Gasteiger charge is 2.25. The lowest BCUT2D eigenvalue weighted by molar-refractivity contribution is 0.279. The van der Waals surface area contributed by atoms with Crippen molar-refractivity contribution in [1.29, 1.82) is 0 Å². The van der Waals surface area contributed by atoms with Gasteiger partial charge in [0.2, 0.25) is 0 Å². The highest BCUT2D eigenvalue weighted by molar-refractivity contribution is 5.54. The number of hydrogen-bond donors (Lipinski definition) is 1. The van der Waals surface area contributed by atoms with Crippen molar-refractivity contribution < 1.29 is 0 Å². The number of nitrogens with one attached hydrogen (secondary N) is 1. The summed E-state index contributed by atoms with van der Waals surface area (Å²) in [5.74, 6) is 0. The lowest BCUT2D eigenvalue weighted by atomic mass is 9.82. The highest BCUT2D eigenvalue weighted by atomic mass is 15.1. The molecule has 106 valence electrons. The Balaban J connectivity index is 2.05. The van der Waals surface area contributed by atoms with Crippen molar-refractivity contribution in [3.8, 4) is 0 Å². The molecule has 0 aliphatic carbocycles. The number of piperidine rings is 1. The minimum absolute atomic E-state index is 0.523. The van der Waals surface area contributed by atoms with Gasteiger partial charge in [-0.1, -0.05) is 32.9 Å². The zero-order valence-electron chi connectivity index (χ0n) is 12.9. The fourth-order valence-corrected chi connectivity index (χ4v) is 2.80. The molecule has 0 spiro atoms. The van der Waals surface area contributed by atoms with E-state index in [1.54, 1.807) is 0 Å². The Morgan fingerprint density at radius 2 is 1.89 bits per heavy atom. The molecule has 0 saturated carbocycles. The summed E-state index contributed by atoms with van der Waals surface area (Å²) in [6, 6.07) is 6.91. The fraction of sp³-hybridized carbons (Fsp3) is 0.647. The molecule has 0 amide bonds. The average Bonchev–Trinajstić information content (AvgIpc) is 2.37. The van der Waals surface area contributed by atoms with Gasteiger partial charge in [-0.2, -0.15) is 0 Å². The number of nitrogens with zero attached hydrogens (tertiary/aromatic N) is 1. The molecule has 1 heterocycles. The third-order valence-corrected chi connectivity index (χ3v) is 4.30.